The monoisotopic (exact) mass is 306 g/mol. The first-order valence-electron chi connectivity index (χ1n) is 6.54. The Bertz CT molecular complexity index is 596. The van der Waals surface area contributed by atoms with Crippen molar-refractivity contribution in [2.75, 3.05) is 13.7 Å². The number of methoxy groups -OCH3 is 1. The maximum absolute atomic E-state index is 12.1. The Kier molecular flexibility index (Phi) is 5.90. The van der Waals surface area contributed by atoms with Gasteiger partial charge in [0.05, 0.1) is 12.2 Å². The highest BCUT2D eigenvalue weighted by Gasteiger charge is 2.36. The molecule has 7 heteroatoms. The number of nitrogens with one attached hydrogen (secondary N) is 1. The number of nitrogens with zero attached hydrogens (tertiary/aromatic N) is 1. The number of nitriles is 1. The first-order valence-corrected chi connectivity index (χ1v) is 6.54. The lowest BCUT2D eigenvalue weighted by Gasteiger charge is -2.27. The molecular weight excluding hydrogens is 288 g/mol. The van der Waals surface area contributed by atoms with Gasteiger partial charge in [0.25, 0.3) is 5.91 Å². The molecule has 0 aromatic heterocycles. The van der Waals surface area contributed by atoms with Gasteiger partial charge in [-0.1, -0.05) is 12.1 Å². The van der Waals surface area contributed by atoms with Crippen LogP contribution >= 0.6 is 0 Å². The van der Waals surface area contributed by atoms with Crippen molar-refractivity contribution < 1.29 is 24.2 Å². The number of carbonyl (C=O) groups is 2. The van der Waals surface area contributed by atoms with Gasteiger partial charge >= 0.3 is 5.97 Å². The van der Waals surface area contributed by atoms with Gasteiger partial charge < -0.3 is 19.9 Å². The molecular formula is C15H18N2O5. The minimum absolute atomic E-state index is 0.185. The molecule has 2 unspecified atom stereocenters. The van der Waals surface area contributed by atoms with Crippen LogP contribution in [0, 0.1) is 11.3 Å². The summed E-state index contributed by atoms with van der Waals surface area (Å²) < 4.78 is 10.3. The molecule has 0 saturated carbocycles. The summed E-state index contributed by atoms with van der Waals surface area (Å²) in [5.41, 5.74) is -1.27. The van der Waals surface area contributed by atoms with E-state index in [4.69, 9.17) is 14.7 Å². The van der Waals surface area contributed by atoms with E-state index in [9.17, 15) is 14.7 Å². The Morgan fingerprint density at radius 2 is 2.09 bits per heavy atom. The van der Waals surface area contributed by atoms with Gasteiger partial charge in [0.1, 0.15) is 11.8 Å². The first-order chi connectivity index (χ1) is 10.3. The van der Waals surface area contributed by atoms with Gasteiger partial charge in [-0.3, -0.25) is 4.79 Å². The van der Waals surface area contributed by atoms with Gasteiger partial charge in [0.15, 0.2) is 11.6 Å². The van der Waals surface area contributed by atoms with Crippen LogP contribution in [0.5, 0.6) is 5.75 Å². The molecule has 1 rings (SSSR count). The number of ether oxygens (including phenoxy) is 2. The number of rotatable bonds is 7. The second-order valence-corrected chi connectivity index (χ2v) is 4.93. The third-order valence-corrected chi connectivity index (χ3v) is 2.98. The molecule has 1 aromatic rings. The molecule has 2 atom stereocenters. The van der Waals surface area contributed by atoms with Crippen molar-refractivity contribution in [2.24, 2.45) is 0 Å². The second-order valence-electron chi connectivity index (χ2n) is 4.93. The zero-order chi connectivity index (χ0) is 16.8. The summed E-state index contributed by atoms with van der Waals surface area (Å²) in [6.45, 7) is 2.63. The molecule has 0 spiro atoms. The largest absolute Gasteiger partial charge is 0.480 e. The van der Waals surface area contributed by atoms with E-state index in [1.54, 1.807) is 24.3 Å². The van der Waals surface area contributed by atoms with Crippen LogP contribution in [0.4, 0.5) is 0 Å². The summed E-state index contributed by atoms with van der Waals surface area (Å²) >= 11 is 0. The fourth-order valence-corrected chi connectivity index (χ4v) is 1.72. The van der Waals surface area contributed by atoms with Crippen molar-refractivity contribution >= 4 is 11.9 Å². The van der Waals surface area contributed by atoms with Crippen molar-refractivity contribution in [3.63, 3.8) is 0 Å². The van der Waals surface area contributed by atoms with Crippen LogP contribution in [0.1, 0.15) is 19.4 Å². The molecule has 1 amide bonds. The molecule has 118 valence electrons. The lowest BCUT2D eigenvalue weighted by molar-refractivity contribution is -0.150. The lowest BCUT2D eigenvalue weighted by Crippen LogP contribution is -2.57. The van der Waals surface area contributed by atoms with Gasteiger partial charge in [-0.05, 0) is 26.0 Å². The van der Waals surface area contributed by atoms with Crippen LogP contribution in [-0.2, 0) is 14.3 Å². The first kappa shape index (κ1) is 17.5. The number of benzene rings is 1. The van der Waals surface area contributed by atoms with E-state index >= 15 is 0 Å². The molecule has 22 heavy (non-hydrogen) atoms. The fraction of sp³-hybridized carbons (Fsp3) is 0.400. The van der Waals surface area contributed by atoms with Crippen LogP contribution in [0.2, 0.25) is 0 Å². The molecule has 0 heterocycles. The summed E-state index contributed by atoms with van der Waals surface area (Å²) in [4.78, 5) is 23.4. The average Bonchev–Trinajstić information content (AvgIpc) is 2.47. The molecule has 0 radical (unpaired) electrons. The predicted molar refractivity (Wildman–Crippen MR) is 77.3 cm³/mol. The predicted octanol–water partition coefficient (Wildman–Crippen LogP) is 0.931. The molecule has 2 N–H and O–H groups in total. The minimum Gasteiger partial charge on any atom is -0.480 e. The highest BCUT2D eigenvalue weighted by atomic mass is 16.5. The second kappa shape index (κ2) is 7.43. The van der Waals surface area contributed by atoms with E-state index < -0.39 is 23.5 Å². The van der Waals surface area contributed by atoms with E-state index in [2.05, 4.69) is 5.32 Å². The summed E-state index contributed by atoms with van der Waals surface area (Å²) in [7, 11) is 1.34. The van der Waals surface area contributed by atoms with E-state index in [1.165, 1.54) is 21.0 Å². The Morgan fingerprint density at radius 1 is 1.45 bits per heavy atom. The van der Waals surface area contributed by atoms with Gasteiger partial charge in [-0.25, -0.2) is 4.79 Å². The zero-order valence-electron chi connectivity index (χ0n) is 12.6. The zero-order valence-corrected chi connectivity index (χ0v) is 12.6. The Morgan fingerprint density at radius 3 is 2.64 bits per heavy atom. The lowest BCUT2D eigenvalue weighted by atomic mass is 10.0. The summed E-state index contributed by atoms with van der Waals surface area (Å²) in [6, 6.07) is 8.43. The average molecular weight is 306 g/mol. The number of hydrogen-bond acceptors (Lipinski definition) is 5. The number of carboxylic acids is 1. The number of amides is 1. The highest BCUT2D eigenvalue weighted by Crippen LogP contribution is 2.18. The highest BCUT2D eigenvalue weighted by molar-refractivity contribution is 5.89. The normalized spacial score (nSPS) is 14.3. The van der Waals surface area contributed by atoms with Crippen LogP contribution in [-0.4, -0.2) is 42.3 Å². The van der Waals surface area contributed by atoms with E-state index in [-0.39, 0.29) is 12.4 Å². The van der Waals surface area contributed by atoms with Gasteiger partial charge in [0.2, 0.25) is 0 Å². The van der Waals surface area contributed by atoms with E-state index in [1.807, 2.05) is 6.07 Å². The molecule has 1 aromatic carbocycles. The Labute approximate surface area is 128 Å². The van der Waals surface area contributed by atoms with Crippen LogP contribution in [0.15, 0.2) is 24.3 Å². The molecule has 0 aliphatic heterocycles. The van der Waals surface area contributed by atoms with E-state index in [0.29, 0.717) is 5.56 Å². The van der Waals surface area contributed by atoms with Gasteiger partial charge in [-0.15, -0.1) is 0 Å². The quantitative estimate of drug-likeness (QED) is 0.775. The molecule has 0 aliphatic rings. The number of aliphatic carboxylic acids is 1. The van der Waals surface area contributed by atoms with Gasteiger partial charge in [0, 0.05) is 7.11 Å². The number of para-hydroxylation sites is 1. The molecule has 0 aliphatic carbocycles. The fourth-order valence-electron chi connectivity index (χ4n) is 1.72. The van der Waals surface area contributed by atoms with Crippen LogP contribution in [0.3, 0.4) is 0 Å². The van der Waals surface area contributed by atoms with Crippen LogP contribution in [0.25, 0.3) is 0 Å². The Hall–Kier alpha value is -2.59. The smallest absolute Gasteiger partial charge is 0.331 e. The summed E-state index contributed by atoms with van der Waals surface area (Å²) in [5, 5.41) is 20.5. The maximum atomic E-state index is 12.1. The topological polar surface area (TPSA) is 109 Å². The van der Waals surface area contributed by atoms with Crippen molar-refractivity contribution in [2.45, 2.75) is 25.5 Å². The standard InChI is InChI=1S/C15H18N2O5/c1-10(22-12-7-5-4-6-11(12)8-16)13(18)17-15(2,9-21-3)14(19)20/h4-7,10H,9H2,1-3H3,(H,17,18)(H,19,20). The third kappa shape index (κ3) is 4.20. The van der Waals surface area contributed by atoms with Crippen molar-refractivity contribution in [1.82, 2.24) is 5.32 Å². The molecule has 0 saturated heterocycles. The Balaban J connectivity index is 2.81. The van der Waals surface area contributed by atoms with Crippen LogP contribution < -0.4 is 10.1 Å². The summed E-state index contributed by atoms with van der Waals surface area (Å²) in [5.74, 6) is -1.57. The third-order valence-electron chi connectivity index (χ3n) is 2.98. The number of carboxylic acid groups (broad SMARTS) is 1. The van der Waals surface area contributed by atoms with Gasteiger partial charge in [-0.2, -0.15) is 5.26 Å². The van der Waals surface area contributed by atoms with Crippen molar-refractivity contribution in [3.8, 4) is 11.8 Å². The molecule has 7 nitrogen and oxygen atoms in total. The summed E-state index contributed by atoms with van der Waals surface area (Å²) in [6.07, 6.45) is -0.968. The number of hydrogen-bond donors (Lipinski definition) is 2. The minimum atomic E-state index is -1.56. The maximum Gasteiger partial charge on any atom is 0.331 e. The SMILES string of the molecule is COCC(C)(NC(=O)C(C)Oc1ccccc1C#N)C(=O)O. The molecule has 0 bridgehead atoms. The number of carbonyl (C=O) groups excluding carboxylic acids is 1. The van der Waals surface area contributed by atoms with Crippen molar-refractivity contribution in [3.05, 3.63) is 29.8 Å². The van der Waals surface area contributed by atoms with E-state index in [0.717, 1.165) is 0 Å². The molecule has 0 fully saturated rings. The van der Waals surface area contributed by atoms with Crippen molar-refractivity contribution in [1.29, 1.82) is 5.26 Å².